The highest BCUT2D eigenvalue weighted by atomic mass is 16.6. The summed E-state index contributed by atoms with van der Waals surface area (Å²) in [7, 11) is 1.88. The van der Waals surface area contributed by atoms with Crippen molar-refractivity contribution in [2.75, 3.05) is 24.3 Å². The molecule has 0 radical (unpaired) electrons. The zero-order chi connectivity index (χ0) is 23.9. The lowest BCUT2D eigenvalue weighted by atomic mass is 10.2. The maximum absolute atomic E-state index is 12.9. The van der Waals surface area contributed by atoms with Gasteiger partial charge >= 0.3 is 0 Å². The molecule has 1 amide bonds. The number of nitrogens with two attached hydrogens (primary N) is 1. The highest BCUT2D eigenvalue weighted by molar-refractivity contribution is 5.94. The zero-order valence-corrected chi connectivity index (χ0v) is 18.6. The Morgan fingerprint density at radius 2 is 1.97 bits per heavy atom. The summed E-state index contributed by atoms with van der Waals surface area (Å²) in [5.41, 5.74) is 10.5. The zero-order valence-electron chi connectivity index (χ0n) is 18.6. The lowest BCUT2D eigenvalue weighted by Crippen LogP contribution is -2.24. The van der Waals surface area contributed by atoms with Gasteiger partial charge < -0.3 is 15.4 Å². The van der Waals surface area contributed by atoms with Crippen LogP contribution in [-0.2, 0) is 6.54 Å². The second kappa shape index (κ2) is 10.3. The average Bonchev–Trinajstić information content (AvgIpc) is 3.46. The molecule has 2 heterocycles. The summed E-state index contributed by atoms with van der Waals surface area (Å²) in [6, 6.07) is 17.0. The topological polar surface area (TPSA) is 150 Å². The molecule has 0 aliphatic rings. The first-order valence-corrected chi connectivity index (χ1v) is 10.4. The fourth-order valence-electron chi connectivity index (χ4n) is 3.16. The van der Waals surface area contributed by atoms with E-state index >= 15 is 0 Å². The molecule has 0 aliphatic heterocycles. The summed E-state index contributed by atoms with van der Waals surface area (Å²) >= 11 is 0. The number of benzene rings is 2. The number of nitrogens with one attached hydrogen (secondary N) is 1. The van der Waals surface area contributed by atoms with Crippen LogP contribution in [0.2, 0.25) is 0 Å². The van der Waals surface area contributed by atoms with E-state index in [9.17, 15) is 4.79 Å². The lowest BCUT2D eigenvalue weighted by molar-refractivity contribution is 0.0949. The number of carbonyl (C=O) groups is 1. The van der Waals surface area contributed by atoms with Gasteiger partial charge in [-0.3, -0.25) is 4.79 Å². The number of carbonyl (C=O) groups excluding carboxylic acids is 1. The van der Waals surface area contributed by atoms with Crippen LogP contribution in [0.5, 0.6) is 5.75 Å². The minimum Gasteiger partial charge on any atom is -0.494 e. The molecule has 2 aromatic carbocycles. The Bertz CT molecular complexity index is 1270. The number of anilines is 2. The minimum atomic E-state index is -0.542. The summed E-state index contributed by atoms with van der Waals surface area (Å²) in [6.07, 6.45) is 1.52. The van der Waals surface area contributed by atoms with E-state index in [2.05, 4.69) is 31.2 Å². The third-order valence-corrected chi connectivity index (χ3v) is 4.83. The smallest absolute Gasteiger partial charge is 0.293 e. The largest absolute Gasteiger partial charge is 0.494 e. The Kier molecular flexibility index (Phi) is 6.77. The Balaban J connectivity index is 1.56. The van der Waals surface area contributed by atoms with Crippen molar-refractivity contribution >= 4 is 23.6 Å². The van der Waals surface area contributed by atoms with E-state index in [4.69, 9.17) is 15.1 Å². The van der Waals surface area contributed by atoms with E-state index in [-0.39, 0.29) is 23.9 Å². The predicted octanol–water partition coefficient (Wildman–Crippen LogP) is 2.03. The van der Waals surface area contributed by atoms with Crippen molar-refractivity contribution in [2.24, 2.45) is 5.10 Å². The maximum atomic E-state index is 12.9. The van der Waals surface area contributed by atoms with Crippen LogP contribution in [0.4, 0.5) is 11.5 Å². The summed E-state index contributed by atoms with van der Waals surface area (Å²) < 4.78 is 11.4. The van der Waals surface area contributed by atoms with Crippen molar-refractivity contribution in [1.82, 2.24) is 30.7 Å². The van der Waals surface area contributed by atoms with Crippen LogP contribution in [0.25, 0.3) is 5.82 Å². The van der Waals surface area contributed by atoms with Gasteiger partial charge in [0.05, 0.1) is 25.1 Å². The van der Waals surface area contributed by atoms with Gasteiger partial charge in [0.25, 0.3) is 5.91 Å². The van der Waals surface area contributed by atoms with Gasteiger partial charge in [0.15, 0.2) is 5.69 Å². The Morgan fingerprint density at radius 1 is 1.21 bits per heavy atom. The standard InChI is InChI=1S/C22H23N9O3/c1-3-33-17-11-9-15(10-12-17)13-24-26-22(32)19-18(14-30(2)16-7-5-4-6-8-16)31(29-25-19)21-20(23)27-34-28-21/h4-13H,3,14H2,1-2H3,(H2,23,27)(H,26,32)/b24-13-. The van der Waals surface area contributed by atoms with Crippen LogP contribution in [0.15, 0.2) is 64.3 Å². The van der Waals surface area contributed by atoms with Gasteiger partial charge in [-0.15, -0.1) is 5.10 Å². The summed E-state index contributed by atoms with van der Waals surface area (Å²) in [4.78, 5) is 14.8. The van der Waals surface area contributed by atoms with Crippen molar-refractivity contribution in [1.29, 1.82) is 0 Å². The first-order chi connectivity index (χ1) is 16.6. The number of amides is 1. The summed E-state index contributed by atoms with van der Waals surface area (Å²) in [5.74, 6) is 0.379. The first-order valence-electron chi connectivity index (χ1n) is 10.4. The number of nitrogens with zero attached hydrogens (tertiary/aromatic N) is 7. The van der Waals surface area contributed by atoms with E-state index < -0.39 is 5.91 Å². The fraction of sp³-hybridized carbons (Fsp3) is 0.182. The molecular formula is C22H23N9O3. The van der Waals surface area contributed by atoms with Crippen LogP contribution in [-0.4, -0.2) is 51.1 Å². The van der Waals surface area contributed by atoms with Crippen molar-refractivity contribution in [2.45, 2.75) is 13.5 Å². The molecule has 174 valence electrons. The molecule has 2 aromatic heterocycles. The molecule has 0 unspecified atom stereocenters. The van der Waals surface area contributed by atoms with Crippen molar-refractivity contribution < 1.29 is 14.2 Å². The Labute approximate surface area is 195 Å². The third-order valence-electron chi connectivity index (χ3n) is 4.83. The van der Waals surface area contributed by atoms with Gasteiger partial charge in [-0.25, -0.2) is 10.1 Å². The second-order valence-corrected chi connectivity index (χ2v) is 7.16. The monoisotopic (exact) mass is 461 g/mol. The number of hydrogen-bond acceptors (Lipinski definition) is 10. The molecule has 12 nitrogen and oxygen atoms in total. The molecule has 0 atom stereocenters. The average molecular weight is 461 g/mol. The van der Waals surface area contributed by atoms with E-state index in [1.165, 1.54) is 10.9 Å². The lowest BCUT2D eigenvalue weighted by Gasteiger charge is -2.19. The van der Waals surface area contributed by atoms with Crippen LogP contribution in [0.3, 0.4) is 0 Å². The number of rotatable bonds is 9. The maximum Gasteiger partial charge on any atom is 0.293 e. The molecule has 34 heavy (non-hydrogen) atoms. The Hall–Kier alpha value is -4.74. The fourth-order valence-corrected chi connectivity index (χ4v) is 3.16. The molecule has 3 N–H and O–H groups in total. The molecule has 4 rings (SSSR count). The van der Waals surface area contributed by atoms with Gasteiger partial charge in [-0.05, 0) is 59.2 Å². The van der Waals surface area contributed by atoms with E-state index in [1.807, 2.05) is 73.5 Å². The van der Waals surface area contributed by atoms with Gasteiger partial charge in [0, 0.05) is 12.7 Å². The number of hydrogen-bond donors (Lipinski definition) is 2. The second-order valence-electron chi connectivity index (χ2n) is 7.16. The predicted molar refractivity (Wildman–Crippen MR) is 125 cm³/mol. The molecule has 4 aromatic rings. The van der Waals surface area contributed by atoms with Crippen LogP contribution >= 0.6 is 0 Å². The molecule has 0 fully saturated rings. The highest BCUT2D eigenvalue weighted by Crippen LogP contribution is 2.20. The van der Waals surface area contributed by atoms with Crippen LogP contribution in [0.1, 0.15) is 28.7 Å². The van der Waals surface area contributed by atoms with Crippen molar-refractivity contribution in [3.8, 4) is 11.6 Å². The molecule has 0 bridgehead atoms. The van der Waals surface area contributed by atoms with Crippen molar-refractivity contribution in [3.63, 3.8) is 0 Å². The molecule has 0 spiro atoms. The number of para-hydroxylation sites is 1. The number of aromatic nitrogens is 5. The summed E-state index contributed by atoms with van der Waals surface area (Å²) in [6.45, 7) is 2.77. The first kappa shape index (κ1) is 22.5. The number of nitrogen functional groups attached to an aromatic ring is 1. The van der Waals surface area contributed by atoms with Gasteiger partial charge in [-0.1, -0.05) is 23.4 Å². The van der Waals surface area contributed by atoms with Crippen molar-refractivity contribution in [3.05, 3.63) is 71.5 Å². The normalized spacial score (nSPS) is 11.0. The Morgan fingerprint density at radius 3 is 2.65 bits per heavy atom. The van der Waals surface area contributed by atoms with E-state index in [0.29, 0.717) is 12.3 Å². The number of ether oxygens (including phenoxy) is 1. The molecular weight excluding hydrogens is 438 g/mol. The molecule has 0 saturated heterocycles. The van der Waals surface area contributed by atoms with Crippen LogP contribution < -0.4 is 20.8 Å². The number of hydrazone groups is 1. The van der Waals surface area contributed by atoms with Gasteiger partial charge in [-0.2, -0.15) is 9.78 Å². The molecule has 12 heteroatoms. The minimum absolute atomic E-state index is 0.0222. The van der Waals surface area contributed by atoms with E-state index in [0.717, 1.165) is 17.0 Å². The quantitative estimate of drug-likeness (QED) is 0.282. The molecule has 0 aliphatic carbocycles. The van der Waals surface area contributed by atoms with E-state index in [1.54, 1.807) is 0 Å². The van der Waals surface area contributed by atoms with Gasteiger partial charge in [0.1, 0.15) is 5.75 Å². The highest BCUT2D eigenvalue weighted by Gasteiger charge is 2.25. The SMILES string of the molecule is CCOc1ccc(/C=N\NC(=O)c2nnn(-c3nonc3N)c2CN(C)c2ccccc2)cc1. The van der Waals surface area contributed by atoms with Gasteiger partial charge in [0.2, 0.25) is 11.6 Å². The molecule has 0 saturated carbocycles. The third kappa shape index (κ3) is 5.01. The summed E-state index contributed by atoms with van der Waals surface area (Å²) in [5, 5.41) is 19.5. The van der Waals surface area contributed by atoms with Crippen LogP contribution in [0, 0.1) is 0 Å².